The van der Waals surface area contributed by atoms with E-state index >= 15 is 0 Å². The topological polar surface area (TPSA) is 41.1 Å². The summed E-state index contributed by atoms with van der Waals surface area (Å²) in [4.78, 5) is 11.6. The molecule has 1 atom stereocenters. The van der Waals surface area contributed by atoms with Crippen LogP contribution in [0.5, 0.6) is 0 Å². The van der Waals surface area contributed by atoms with Crippen molar-refractivity contribution in [3.05, 3.63) is 0 Å². The minimum Gasteiger partial charge on any atom is -0.352 e. The number of nitrogens with one attached hydrogen (secondary N) is 2. The lowest BCUT2D eigenvalue weighted by Gasteiger charge is -2.13. The fourth-order valence-electron chi connectivity index (χ4n) is 1.69. The van der Waals surface area contributed by atoms with E-state index < -0.39 is 0 Å². The maximum absolute atomic E-state index is 11.6. The molecule has 1 unspecified atom stereocenters. The molecule has 1 fully saturated rings. The van der Waals surface area contributed by atoms with Gasteiger partial charge in [-0.25, -0.2) is 0 Å². The molecule has 0 aromatic rings. The first-order valence-electron chi connectivity index (χ1n) is 6.77. The van der Waals surface area contributed by atoms with E-state index in [2.05, 4.69) is 17.6 Å². The van der Waals surface area contributed by atoms with Crippen LogP contribution in [0.4, 0.5) is 0 Å². The summed E-state index contributed by atoms with van der Waals surface area (Å²) in [6.07, 6.45) is 8.72. The van der Waals surface area contributed by atoms with Crippen LogP contribution >= 0.6 is 0 Å². The summed E-state index contributed by atoms with van der Waals surface area (Å²) in [5, 5.41) is 6.29. The number of hydrogen-bond acceptors (Lipinski definition) is 2. The van der Waals surface area contributed by atoms with E-state index in [4.69, 9.17) is 0 Å². The number of carbonyl (C=O) groups is 1. The molecule has 1 rings (SSSR count). The lowest BCUT2D eigenvalue weighted by Crippen LogP contribution is -2.43. The fraction of sp³-hybridized carbons (Fsp3) is 0.923. The Balaban J connectivity index is 1.92. The van der Waals surface area contributed by atoms with Crippen LogP contribution < -0.4 is 10.6 Å². The molecule has 0 aromatic heterocycles. The van der Waals surface area contributed by atoms with E-state index in [0.717, 1.165) is 19.4 Å². The summed E-state index contributed by atoms with van der Waals surface area (Å²) in [6, 6.07) is 0.438. The predicted molar refractivity (Wildman–Crippen MR) is 67.4 cm³/mol. The first kappa shape index (κ1) is 13.5. The molecule has 94 valence electrons. The Kier molecular flexibility index (Phi) is 6.46. The van der Waals surface area contributed by atoms with Gasteiger partial charge >= 0.3 is 0 Å². The third-order valence-electron chi connectivity index (χ3n) is 3.05. The number of amides is 1. The number of hydrogen-bond donors (Lipinski definition) is 2. The fourth-order valence-corrected chi connectivity index (χ4v) is 1.69. The molecule has 3 heteroatoms. The number of unbranched alkanes of at least 4 members (excludes halogenated alkanes) is 4. The zero-order valence-corrected chi connectivity index (χ0v) is 10.7. The molecule has 0 radical (unpaired) electrons. The van der Waals surface area contributed by atoms with Gasteiger partial charge in [-0.05, 0) is 32.7 Å². The smallest absolute Gasteiger partial charge is 0.237 e. The van der Waals surface area contributed by atoms with Gasteiger partial charge in [0.25, 0.3) is 0 Å². The Hall–Kier alpha value is -0.570. The molecule has 1 aliphatic rings. The largest absolute Gasteiger partial charge is 0.352 e. The van der Waals surface area contributed by atoms with E-state index in [0.29, 0.717) is 6.04 Å². The zero-order chi connectivity index (χ0) is 11.8. The van der Waals surface area contributed by atoms with Crippen LogP contribution in [0.3, 0.4) is 0 Å². The van der Waals surface area contributed by atoms with Crippen molar-refractivity contribution in [1.82, 2.24) is 10.6 Å². The van der Waals surface area contributed by atoms with Gasteiger partial charge < -0.3 is 10.6 Å². The maximum Gasteiger partial charge on any atom is 0.237 e. The van der Waals surface area contributed by atoms with Gasteiger partial charge in [-0.1, -0.05) is 32.6 Å². The summed E-state index contributed by atoms with van der Waals surface area (Å²) < 4.78 is 0. The van der Waals surface area contributed by atoms with Gasteiger partial charge in [0.05, 0.1) is 6.04 Å². The highest BCUT2D eigenvalue weighted by atomic mass is 16.2. The number of carbonyl (C=O) groups excluding carboxylic acids is 1. The van der Waals surface area contributed by atoms with Crippen LogP contribution in [-0.4, -0.2) is 24.5 Å². The molecule has 3 nitrogen and oxygen atoms in total. The van der Waals surface area contributed by atoms with E-state index in [1.807, 2.05) is 6.92 Å². The molecule has 0 heterocycles. The Morgan fingerprint density at radius 3 is 2.56 bits per heavy atom. The van der Waals surface area contributed by atoms with Gasteiger partial charge in [0, 0.05) is 6.04 Å². The highest BCUT2D eigenvalue weighted by Gasteiger charge is 2.25. The van der Waals surface area contributed by atoms with Gasteiger partial charge in [0.2, 0.25) is 5.91 Å². The van der Waals surface area contributed by atoms with Gasteiger partial charge in [-0.2, -0.15) is 0 Å². The average Bonchev–Trinajstić information content (AvgIpc) is 3.06. The van der Waals surface area contributed by atoms with Crippen molar-refractivity contribution in [3.63, 3.8) is 0 Å². The van der Waals surface area contributed by atoms with Gasteiger partial charge in [0.1, 0.15) is 0 Å². The molecule has 1 aliphatic carbocycles. The third kappa shape index (κ3) is 6.11. The highest BCUT2D eigenvalue weighted by Crippen LogP contribution is 2.18. The van der Waals surface area contributed by atoms with Crippen molar-refractivity contribution in [1.29, 1.82) is 0 Å². The number of rotatable bonds is 9. The van der Waals surface area contributed by atoms with Crippen LogP contribution in [0.25, 0.3) is 0 Å². The minimum atomic E-state index is -0.0354. The van der Waals surface area contributed by atoms with Gasteiger partial charge in [-0.15, -0.1) is 0 Å². The second-order valence-corrected chi connectivity index (χ2v) is 4.87. The molecule has 2 N–H and O–H groups in total. The van der Waals surface area contributed by atoms with E-state index in [1.54, 1.807) is 0 Å². The lowest BCUT2D eigenvalue weighted by molar-refractivity contribution is -0.122. The summed E-state index contributed by atoms with van der Waals surface area (Å²) >= 11 is 0. The lowest BCUT2D eigenvalue weighted by atomic mass is 10.1. The molecule has 0 saturated heterocycles. The zero-order valence-electron chi connectivity index (χ0n) is 10.7. The molecule has 0 spiro atoms. The molecule has 1 amide bonds. The van der Waals surface area contributed by atoms with Crippen molar-refractivity contribution in [2.45, 2.75) is 70.9 Å². The Bertz CT molecular complexity index is 202. The molecule has 0 bridgehead atoms. The molecular weight excluding hydrogens is 200 g/mol. The quantitative estimate of drug-likeness (QED) is 0.592. The van der Waals surface area contributed by atoms with Crippen molar-refractivity contribution < 1.29 is 4.79 Å². The van der Waals surface area contributed by atoms with E-state index in [9.17, 15) is 4.79 Å². The van der Waals surface area contributed by atoms with Crippen molar-refractivity contribution in [2.24, 2.45) is 0 Å². The summed E-state index contributed by atoms with van der Waals surface area (Å²) in [5.41, 5.74) is 0. The van der Waals surface area contributed by atoms with Crippen LogP contribution in [0, 0.1) is 0 Å². The Morgan fingerprint density at radius 1 is 1.25 bits per heavy atom. The maximum atomic E-state index is 11.6. The minimum absolute atomic E-state index is 0.0354. The SMILES string of the molecule is CCCCCCCNC(C)C(=O)NC1CC1. The van der Waals surface area contributed by atoms with E-state index in [1.165, 1.54) is 32.1 Å². The first-order chi connectivity index (χ1) is 7.74. The standard InChI is InChI=1S/C13H26N2O/c1-3-4-5-6-7-10-14-11(2)13(16)15-12-8-9-12/h11-12,14H,3-10H2,1-2H3,(H,15,16). The summed E-state index contributed by atoms with van der Waals surface area (Å²) in [6.45, 7) is 5.13. The second-order valence-electron chi connectivity index (χ2n) is 4.87. The van der Waals surface area contributed by atoms with Crippen LogP contribution in [0.1, 0.15) is 58.8 Å². The van der Waals surface area contributed by atoms with Crippen molar-refractivity contribution in [2.75, 3.05) is 6.54 Å². The normalized spacial score (nSPS) is 17.1. The first-order valence-corrected chi connectivity index (χ1v) is 6.77. The molecule has 0 aliphatic heterocycles. The molecular formula is C13H26N2O. The van der Waals surface area contributed by atoms with E-state index in [-0.39, 0.29) is 11.9 Å². The van der Waals surface area contributed by atoms with Gasteiger partial charge in [-0.3, -0.25) is 4.79 Å². The Morgan fingerprint density at radius 2 is 1.94 bits per heavy atom. The Labute approximate surface area is 99.4 Å². The molecule has 0 aromatic carbocycles. The third-order valence-corrected chi connectivity index (χ3v) is 3.05. The highest BCUT2D eigenvalue weighted by molar-refractivity contribution is 5.81. The van der Waals surface area contributed by atoms with Crippen LogP contribution in [-0.2, 0) is 4.79 Å². The summed E-state index contributed by atoms with van der Waals surface area (Å²) in [5.74, 6) is 0.163. The average molecular weight is 226 g/mol. The molecule has 1 saturated carbocycles. The predicted octanol–water partition coefficient (Wildman–Crippen LogP) is 2.21. The van der Waals surface area contributed by atoms with Crippen LogP contribution in [0.2, 0.25) is 0 Å². The summed E-state index contributed by atoms with van der Waals surface area (Å²) in [7, 11) is 0. The van der Waals surface area contributed by atoms with Crippen molar-refractivity contribution in [3.8, 4) is 0 Å². The second kappa shape index (κ2) is 7.66. The van der Waals surface area contributed by atoms with Crippen LogP contribution in [0.15, 0.2) is 0 Å². The van der Waals surface area contributed by atoms with Gasteiger partial charge in [0.15, 0.2) is 0 Å². The monoisotopic (exact) mass is 226 g/mol. The van der Waals surface area contributed by atoms with Crippen molar-refractivity contribution >= 4 is 5.91 Å². The molecule has 16 heavy (non-hydrogen) atoms.